The number of carbonyl (C=O) groups excluding carboxylic acids is 1. The maximum Gasteiger partial charge on any atom is 0.191 e. The van der Waals surface area contributed by atoms with Gasteiger partial charge < -0.3 is 24.2 Å². The second kappa shape index (κ2) is 8.13. The fourth-order valence-electron chi connectivity index (χ4n) is 4.58. The molecule has 0 aromatic heterocycles. The van der Waals surface area contributed by atoms with Gasteiger partial charge in [0.15, 0.2) is 17.3 Å². The number of fused-ring (bicyclic) bond motifs is 2. The minimum atomic E-state index is -0.634. The average Bonchev–Trinajstić information content (AvgIpc) is 3.11. The van der Waals surface area contributed by atoms with Crippen molar-refractivity contribution in [3.63, 3.8) is 0 Å². The van der Waals surface area contributed by atoms with Crippen LogP contribution in [-0.2, 0) is 11.3 Å². The van der Waals surface area contributed by atoms with E-state index in [9.17, 15) is 9.90 Å². The summed E-state index contributed by atoms with van der Waals surface area (Å²) in [7, 11) is 1.57. The van der Waals surface area contributed by atoms with Gasteiger partial charge in [0.05, 0.1) is 13.7 Å². The van der Waals surface area contributed by atoms with E-state index in [1.165, 1.54) is 25.7 Å². The predicted molar refractivity (Wildman–Crippen MR) is 105 cm³/mol. The number of hydrogen-bond acceptors (Lipinski definition) is 6. The Morgan fingerprint density at radius 1 is 1.32 bits per heavy atom. The van der Waals surface area contributed by atoms with Crippen molar-refractivity contribution in [3.05, 3.63) is 35.5 Å². The first-order valence-corrected chi connectivity index (χ1v) is 10.2. The Morgan fingerprint density at radius 3 is 2.96 bits per heavy atom. The molecule has 4 rings (SSSR count). The third-order valence-corrected chi connectivity index (χ3v) is 6.13. The molecule has 0 bridgehead atoms. The van der Waals surface area contributed by atoms with E-state index in [1.807, 2.05) is 0 Å². The Hall–Kier alpha value is -2.05. The molecule has 4 unspecified atom stereocenters. The van der Waals surface area contributed by atoms with Crippen LogP contribution in [0.5, 0.6) is 11.5 Å². The summed E-state index contributed by atoms with van der Waals surface area (Å²) in [5.74, 6) is 1.60. The highest BCUT2D eigenvalue weighted by molar-refractivity contribution is 6.02. The fraction of sp³-hybridized carbons (Fsp3) is 0.591. The maximum atomic E-state index is 12.4. The van der Waals surface area contributed by atoms with E-state index in [0.717, 1.165) is 0 Å². The summed E-state index contributed by atoms with van der Waals surface area (Å²) < 4.78 is 16.9. The van der Waals surface area contributed by atoms with Crippen LogP contribution >= 0.6 is 0 Å². The molecule has 28 heavy (non-hydrogen) atoms. The molecule has 0 radical (unpaired) electrons. The number of methoxy groups -OCH3 is 1. The van der Waals surface area contributed by atoms with Crippen LogP contribution in [0.1, 0.15) is 48.5 Å². The molecular weight excluding hydrogens is 358 g/mol. The van der Waals surface area contributed by atoms with Crippen LogP contribution in [-0.4, -0.2) is 54.3 Å². The number of rotatable bonds is 6. The zero-order valence-corrected chi connectivity index (χ0v) is 16.6. The highest BCUT2D eigenvalue weighted by Gasteiger charge is 2.33. The summed E-state index contributed by atoms with van der Waals surface area (Å²) >= 11 is 0. The predicted octanol–water partition coefficient (Wildman–Crippen LogP) is 2.92. The number of β-amino-alcohol motifs (C(OH)–C–C–N with tert-alkyl or cyclic N) is 1. The number of Topliss-reactive ketones (excluding diaryl/α,β-unsaturated/α-hetero) is 1. The highest BCUT2D eigenvalue weighted by Crippen LogP contribution is 2.38. The molecule has 1 fully saturated rings. The molecule has 6 heteroatoms. The van der Waals surface area contributed by atoms with Crippen LogP contribution in [0.2, 0.25) is 0 Å². The normalized spacial score (nSPS) is 27.3. The molecule has 1 aromatic carbocycles. The van der Waals surface area contributed by atoms with E-state index >= 15 is 0 Å². The van der Waals surface area contributed by atoms with Crippen LogP contribution in [0.3, 0.4) is 0 Å². The third-order valence-electron chi connectivity index (χ3n) is 6.13. The van der Waals surface area contributed by atoms with Gasteiger partial charge in [0.1, 0.15) is 18.8 Å². The van der Waals surface area contributed by atoms with Crippen molar-refractivity contribution in [2.24, 2.45) is 5.92 Å². The van der Waals surface area contributed by atoms with Crippen molar-refractivity contribution < 1.29 is 24.1 Å². The number of carbonyl (C=O) groups is 1. The molecule has 3 aliphatic rings. The second-order valence-corrected chi connectivity index (χ2v) is 7.96. The molecular formula is C22H29NO5. The molecule has 1 saturated carbocycles. The number of nitrogens with zero attached hydrogens (tertiary/aromatic N) is 1. The highest BCUT2D eigenvalue weighted by atomic mass is 16.5. The number of ketones is 1. The van der Waals surface area contributed by atoms with Crippen LogP contribution in [0.15, 0.2) is 24.4 Å². The Bertz CT molecular complexity index is 762. The molecule has 0 spiro atoms. The first-order chi connectivity index (χ1) is 13.6. The Morgan fingerprint density at radius 2 is 2.14 bits per heavy atom. The van der Waals surface area contributed by atoms with Crippen molar-refractivity contribution in [2.75, 3.05) is 20.3 Å². The van der Waals surface area contributed by atoms with Crippen molar-refractivity contribution >= 4 is 5.78 Å². The Labute approximate surface area is 166 Å². The Kier molecular flexibility index (Phi) is 5.60. The molecule has 1 aromatic rings. The van der Waals surface area contributed by atoms with E-state index in [4.69, 9.17) is 14.2 Å². The van der Waals surface area contributed by atoms with Gasteiger partial charge in [-0.15, -0.1) is 0 Å². The molecule has 0 amide bonds. The zero-order chi connectivity index (χ0) is 19.7. The van der Waals surface area contributed by atoms with Gasteiger partial charge in [0.25, 0.3) is 0 Å². The number of aliphatic hydroxyl groups is 1. The molecule has 4 atom stereocenters. The number of benzene rings is 1. The summed E-state index contributed by atoms with van der Waals surface area (Å²) in [6.45, 7) is 2.73. The average molecular weight is 387 g/mol. The summed E-state index contributed by atoms with van der Waals surface area (Å²) in [6, 6.07) is 4.01. The SMILES string of the molecule is COc1ccc2c(c1OCC(O)CN1C=CC3CCCCC31)COC(C)C2=O. The van der Waals surface area contributed by atoms with E-state index in [2.05, 4.69) is 17.2 Å². The molecule has 0 saturated heterocycles. The lowest BCUT2D eigenvalue weighted by Crippen LogP contribution is -2.40. The quantitative estimate of drug-likeness (QED) is 0.810. The monoisotopic (exact) mass is 387 g/mol. The lowest BCUT2D eigenvalue weighted by atomic mass is 9.86. The van der Waals surface area contributed by atoms with Gasteiger partial charge in [-0.3, -0.25) is 4.79 Å². The van der Waals surface area contributed by atoms with Gasteiger partial charge in [-0.1, -0.05) is 18.9 Å². The molecule has 2 aliphatic heterocycles. The minimum Gasteiger partial charge on any atom is -0.493 e. The number of aliphatic hydroxyl groups excluding tert-OH is 1. The van der Waals surface area contributed by atoms with Crippen LogP contribution in [0.25, 0.3) is 0 Å². The van der Waals surface area contributed by atoms with Gasteiger partial charge >= 0.3 is 0 Å². The summed E-state index contributed by atoms with van der Waals surface area (Å²) in [5, 5.41) is 10.6. The van der Waals surface area contributed by atoms with Crippen molar-refractivity contribution in [2.45, 2.75) is 57.5 Å². The smallest absolute Gasteiger partial charge is 0.191 e. The summed E-state index contributed by atoms with van der Waals surface area (Å²) in [6.07, 6.45) is 8.29. The van der Waals surface area contributed by atoms with Gasteiger partial charge in [-0.25, -0.2) is 0 Å². The van der Waals surface area contributed by atoms with Gasteiger partial charge in [0.2, 0.25) is 0 Å². The van der Waals surface area contributed by atoms with Gasteiger partial charge in [-0.05, 0) is 44.0 Å². The minimum absolute atomic E-state index is 0.0557. The van der Waals surface area contributed by atoms with Crippen molar-refractivity contribution in [1.82, 2.24) is 4.90 Å². The fourth-order valence-corrected chi connectivity index (χ4v) is 4.58. The molecule has 1 aliphatic carbocycles. The molecule has 1 N–H and O–H groups in total. The molecule has 6 nitrogen and oxygen atoms in total. The summed E-state index contributed by atoms with van der Waals surface area (Å²) in [5.41, 5.74) is 1.31. The van der Waals surface area contributed by atoms with Crippen LogP contribution in [0, 0.1) is 5.92 Å². The lowest BCUT2D eigenvalue weighted by Gasteiger charge is -2.34. The van der Waals surface area contributed by atoms with Gasteiger partial charge in [-0.2, -0.15) is 0 Å². The first kappa shape index (κ1) is 19.3. The number of hydrogen-bond donors (Lipinski definition) is 1. The standard InChI is InChI=1S/C22H29NO5/c1-14-21(25)17-7-8-20(26-2)22(18(17)13-27-14)28-12-16(24)11-23-10-9-15-5-3-4-6-19(15)23/h7-10,14-16,19,24H,3-6,11-13H2,1-2H3. The Balaban J connectivity index is 1.43. The molecule has 152 valence electrons. The van der Waals surface area contributed by atoms with Gasteiger partial charge in [0, 0.05) is 23.7 Å². The van der Waals surface area contributed by atoms with Crippen molar-refractivity contribution in [3.8, 4) is 11.5 Å². The van der Waals surface area contributed by atoms with E-state index in [1.54, 1.807) is 26.2 Å². The van der Waals surface area contributed by atoms with E-state index in [-0.39, 0.29) is 12.4 Å². The van der Waals surface area contributed by atoms with Crippen molar-refractivity contribution in [1.29, 1.82) is 0 Å². The second-order valence-electron chi connectivity index (χ2n) is 7.96. The van der Waals surface area contributed by atoms with E-state index in [0.29, 0.717) is 47.7 Å². The number of ether oxygens (including phenoxy) is 3. The summed E-state index contributed by atoms with van der Waals surface area (Å²) in [4.78, 5) is 14.6. The third kappa shape index (κ3) is 3.63. The van der Waals surface area contributed by atoms with Crippen LogP contribution in [0.4, 0.5) is 0 Å². The molecule has 2 heterocycles. The van der Waals surface area contributed by atoms with Crippen LogP contribution < -0.4 is 9.47 Å². The zero-order valence-electron chi connectivity index (χ0n) is 16.6. The lowest BCUT2D eigenvalue weighted by molar-refractivity contribution is 0.0308. The van der Waals surface area contributed by atoms with E-state index < -0.39 is 12.2 Å². The maximum absolute atomic E-state index is 12.4. The topological polar surface area (TPSA) is 68.2 Å². The largest absolute Gasteiger partial charge is 0.493 e. The first-order valence-electron chi connectivity index (χ1n) is 10.2.